The lowest BCUT2D eigenvalue weighted by Crippen LogP contribution is -2.45. The van der Waals surface area contributed by atoms with Crippen LogP contribution in [0.15, 0.2) is 0 Å². The van der Waals surface area contributed by atoms with E-state index in [0.717, 1.165) is 0 Å². The average Bonchev–Trinajstić information content (AvgIpc) is 2.13. The van der Waals surface area contributed by atoms with Crippen LogP contribution in [0.25, 0.3) is 0 Å². The van der Waals surface area contributed by atoms with Gasteiger partial charge in [0.05, 0.1) is 6.04 Å². The summed E-state index contributed by atoms with van der Waals surface area (Å²) in [7, 11) is 0. The summed E-state index contributed by atoms with van der Waals surface area (Å²) in [5.74, 6) is -0.169. The molecule has 0 bridgehead atoms. The van der Waals surface area contributed by atoms with Gasteiger partial charge in [-0.15, -0.1) is 0 Å². The van der Waals surface area contributed by atoms with E-state index >= 15 is 0 Å². The van der Waals surface area contributed by atoms with Crippen LogP contribution in [-0.2, 0) is 9.59 Å². The monoisotopic (exact) mass is 219 g/mol. The molecule has 5 nitrogen and oxygen atoms in total. The molecule has 0 saturated carbocycles. The lowest BCUT2D eigenvalue weighted by atomic mass is 10.1. The molecule has 0 aliphatic rings. The molecule has 0 aromatic heterocycles. The summed E-state index contributed by atoms with van der Waals surface area (Å²) in [5.41, 5.74) is 10.5. The summed E-state index contributed by atoms with van der Waals surface area (Å²) in [6.07, 6.45) is 0.407. The van der Waals surface area contributed by atoms with Crippen molar-refractivity contribution in [2.75, 3.05) is 5.75 Å². The van der Waals surface area contributed by atoms with Gasteiger partial charge in [0.15, 0.2) is 0 Å². The molecule has 2 amide bonds. The third-order valence-electron chi connectivity index (χ3n) is 1.70. The smallest absolute Gasteiger partial charge is 0.237 e. The minimum absolute atomic E-state index is 0.0227. The second-order valence-electron chi connectivity index (χ2n) is 3.20. The van der Waals surface area contributed by atoms with Crippen molar-refractivity contribution in [2.45, 2.75) is 31.8 Å². The van der Waals surface area contributed by atoms with Gasteiger partial charge in [-0.3, -0.25) is 9.59 Å². The van der Waals surface area contributed by atoms with Crippen molar-refractivity contribution in [2.24, 2.45) is 11.5 Å². The van der Waals surface area contributed by atoms with E-state index in [1.807, 2.05) is 6.92 Å². The summed E-state index contributed by atoms with van der Waals surface area (Å²) in [4.78, 5) is 21.7. The van der Waals surface area contributed by atoms with Gasteiger partial charge in [-0.1, -0.05) is 0 Å². The maximum atomic E-state index is 11.3. The van der Waals surface area contributed by atoms with Gasteiger partial charge in [0.2, 0.25) is 11.8 Å². The second kappa shape index (κ2) is 6.67. The average molecular weight is 219 g/mol. The van der Waals surface area contributed by atoms with E-state index in [9.17, 15) is 9.59 Å². The van der Waals surface area contributed by atoms with Gasteiger partial charge in [-0.05, 0) is 13.3 Å². The molecule has 2 atom stereocenters. The second-order valence-corrected chi connectivity index (χ2v) is 3.57. The minimum atomic E-state index is -0.676. The van der Waals surface area contributed by atoms with Gasteiger partial charge in [0.1, 0.15) is 0 Å². The third-order valence-corrected chi connectivity index (χ3v) is 2.25. The highest BCUT2D eigenvalue weighted by Gasteiger charge is 2.15. The predicted octanol–water partition coefficient (Wildman–Crippen LogP) is -0.986. The van der Waals surface area contributed by atoms with Crippen LogP contribution in [-0.4, -0.2) is 29.7 Å². The molecular weight excluding hydrogens is 202 g/mol. The number of rotatable bonds is 6. The molecule has 0 rings (SSSR count). The molecule has 5 N–H and O–H groups in total. The molecule has 0 spiro atoms. The summed E-state index contributed by atoms with van der Waals surface area (Å²) in [6, 6.07) is -0.699. The molecule has 0 aliphatic heterocycles. The molecule has 0 heterocycles. The van der Waals surface area contributed by atoms with Crippen molar-refractivity contribution in [3.05, 3.63) is 0 Å². The molecule has 0 fully saturated rings. The molecular formula is C8H17N3O2S. The Balaban J connectivity index is 3.81. The van der Waals surface area contributed by atoms with Gasteiger partial charge >= 0.3 is 0 Å². The zero-order valence-electron chi connectivity index (χ0n) is 8.19. The normalized spacial score (nSPS) is 14.5. The molecule has 6 heteroatoms. The zero-order valence-corrected chi connectivity index (χ0v) is 9.09. The van der Waals surface area contributed by atoms with Crippen molar-refractivity contribution < 1.29 is 9.59 Å². The minimum Gasteiger partial charge on any atom is -0.370 e. The van der Waals surface area contributed by atoms with Crippen LogP contribution < -0.4 is 16.8 Å². The first kappa shape index (κ1) is 13.2. The molecule has 0 unspecified atom stereocenters. The van der Waals surface area contributed by atoms with Crippen molar-refractivity contribution in [1.29, 1.82) is 0 Å². The summed E-state index contributed by atoms with van der Waals surface area (Å²) < 4.78 is 0. The van der Waals surface area contributed by atoms with Crippen LogP contribution in [0.3, 0.4) is 0 Å². The van der Waals surface area contributed by atoms with E-state index in [-0.39, 0.29) is 24.8 Å². The van der Waals surface area contributed by atoms with Gasteiger partial charge in [-0.25, -0.2) is 0 Å². The highest BCUT2D eigenvalue weighted by atomic mass is 32.1. The first-order valence-corrected chi connectivity index (χ1v) is 5.05. The summed E-state index contributed by atoms with van der Waals surface area (Å²) in [6.45, 7) is 1.83. The van der Waals surface area contributed by atoms with Crippen LogP contribution in [0.1, 0.15) is 19.8 Å². The zero-order chi connectivity index (χ0) is 11.1. The van der Waals surface area contributed by atoms with Crippen LogP contribution in [0, 0.1) is 0 Å². The maximum absolute atomic E-state index is 11.3. The largest absolute Gasteiger partial charge is 0.370 e. The Morgan fingerprint density at radius 3 is 2.50 bits per heavy atom. The standard InChI is InChI=1S/C8H17N3O2S/c1-5(4-14)11-8(13)6(9)2-3-7(10)12/h5-6,14H,2-4,9H2,1H3,(H2,10,12)(H,11,13)/t5-,6+/m1/s1. The van der Waals surface area contributed by atoms with Crippen molar-refractivity contribution >= 4 is 24.4 Å². The molecule has 82 valence electrons. The maximum Gasteiger partial charge on any atom is 0.237 e. The molecule has 0 aromatic rings. The van der Waals surface area contributed by atoms with E-state index in [1.54, 1.807) is 0 Å². The molecule has 0 aromatic carbocycles. The fourth-order valence-corrected chi connectivity index (χ4v) is 0.916. The van der Waals surface area contributed by atoms with E-state index < -0.39 is 11.9 Å². The van der Waals surface area contributed by atoms with E-state index in [0.29, 0.717) is 5.75 Å². The van der Waals surface area contributed by atoms with E-state index in [4.69, 9.17) is 11.5 Å². The van der Waals surface area contributed by atoms with Crippen LogP contribution in [0.2, 0.25) is 0 Å². The summed E-state index contributed by atoms with van der Waals surface area (Å²) in [5, 5.41) is 2.66. The lowest BCUT2D eigenvalue weighted by Gasteiger charge is -2.15. The quantitative estimate of drug-likeness (QED) is 0.432. The van der Waals surface area contributed by atoms with Crippen LogP contribution in [0.5, 0.6) is 0 Å². The first-order chi connectivity index (χ1) is 6.47. The lowest BCUT2D eigenvalue weighted by molar-refractivity contribution is -0.123. The number of amides is 2. The number of hydrogen-bond donors (Lipinski definition) is 4. The molecule has 0 aliphatic carbocycles. The molecule has 14 heavy (non-hydrogen) atoms. The Kier molecular flexibility index (Phi) is 6.31. The van der Waals surface area contributed by atoms with Gasteiger partial charge < -0.3 is 16.8 Å². The highest BCUT2D eigenvalue weighted by molar-refractivity contribution is 7.80. The Labute approximate surface area is 89.0 Å². The molecule has 0 saturated heterocycles. The molecule has 0 radical (unpaired) electrons. The van der Waals surface area contributed by atoms with Crippen molar-refractivity contribution in [3.63, 3.8) is 0 Å². The Hall–Kier alpha value is -0.750. The predicted molar refractivity (Wildman–Crippen MR) is 57.9 cm³/mol. The van der Waals surface area contributed by atoms with Gasteiger partial charge in [-0.2, -0.15) is 12.6 Å². The van der Waals surface area contributed by atoms with Gasteiger partial charge in [0.25, 0.3) is 0 Å². The number of thiol groups is 1. The van der Waals surface area contributed by atoms with Crippen molar-refractivity contribution in [1.82, 2.24) is 5.32 Å². The van der Waals surface area contributed by atoms with Crippen LogP contribution in [0.4, 0.5) is 0 Å². The Morgan fingerprint density at radius 2 is 2.07 bits per heavy atom. The fourth-order valence-electron chi connectivity index (χ4n) is 0.824. The third kappa shape index (κ3) is 5.82. The van der Waals surface area contributed by atoms with E-state index in [1.165, 1.54) is 0 Å². The van der Waals surface area contributed by atoms with Gasteiger partial charge in [0, 0.05) is 18.2 Å². The number of hydrogen-bond acceptors (Lipinski definition) is 4. The number of nitrogens with two attached hydrogens (primary N) is 2. The number of carbonyl (C=O) groups is 2. The first-order valence-electron chi connectivity index (χ1n) is 4.42. The SMILES string of the molecule is C[C@H](CS)NC(=O)[C@@H](N)CCC(N)=O. The van der Waals surface area contributed by atoms with Crippen LogP contribution >= 0.6 is 12.6 Å². The fraction of sp³-hybridized carbons (Fsp3) is 0.750. The summed E-state index contributed by atoms with van der Waals surface area (Å²) >= 11 is 4.01. The van der Waals surface area contributed by atoms with E-state index in [2.05, 4.69) is 17.9 Å². The van der Waals surface area contributed by atoms with Crippen molar-refractivity contribution in [3.8, 4) is 0 Å². The number of carbonyl (C=O) groups excluding carboxylic acids is 2. The topological polar surface area (TPSA) is 98.2 Å². The number of nitrogens with one attached hydrogen (secondary N) is 1. The highest BCUT2D eigenvalue weighted by Crippen LogP contribution is 1.95. The Bertz CT molecular complexity index is 211. The Morgan fingerprint density at radius 1 is 1.50 bits per heavy atom. The number of primary amides is 1.